The zero-order chi connectivity index (χ0) is 11.4. The number of aromatic nitrogens is 1. The van der Waals surface area contributed by atoms with Crippen molar-refractivity contribution in [1.29, 1.82) is 0 Å². The standard InChI is InChI=1S/C13H16N2O/c1-16-8-7-11-4-2-3-10-5-6-12(9-14)15-13(10)11/h2-6H,7-9,14H2,1H3. The Balaban J connectivity index is 2.46. The summed E-state index contributed by atoms with van der Waals surface area (Å²) < 4.78 is 5.10. The number of para-hydroxylation sites is 1. The third kappa shape index (κ3) is 2.21. The average molecular weight is 216 g/mol. The maximum Gasteiger partial charge on any atom is 0.0738 e. The number of hydrogen-bond acceptors (Lipinski definition) is 3. The Hall–Kier alpha value is -1.45. The Morgan fingerprint density at radius 3 is 2.88 bits per heavy atom. The van der Waals surface area contributed by atoms with Gasteiger partial charge >= 0.3 is 0 Å². The molecule has 0 amide bonds. The van der Waals surface area contributed by atoms with Gasteiger partial charge in [0.05, 0.1) is 17.8 Å². The fourth-order valence-electron chi connectivity index (χ4n) is 1.78. The molecule has 0 saturated carbocycles. The summed E-state index contributed by atoms with van der Waals surface area (Å²) in [6, 6.07) is 10.3. The van der Waals surface area contributed by atoms with E-state index in [2.05, 4.69) is 29.2 Å². The third-order valence-corrected chi connectivity index (χ3v) is 2.65. The molecule has 3 nitrogen and oxygen atoms in total. The first kappa shape index (κ1) is 11.0. The zero-order valence-electron chi connectivity index (χ0n) is 9.44. The number of pyridine rings is 1. The quantitative estimate of drug-likeness (QED) is 0.849. The summed E-state index contributed by atoms with van der Waals surface area (Å²) >= 11 is 0. The molecular weight excluding hydrogens is 200 g/mol. The van der Waals surface area contributed by atoms with E-state index in [1.807, 2.05) is 6.07 Å². The third-order valence-electron chi connectivity index (χ3n) is 2.65. The zero-order valence-corrected chi connectivity index (χ0v) is 9.44. The van der Waals surface area contributed by atoms with Crippen LogP contribution in [0.25, 0.3) is 10.9 Å². The summed E-state index contributed by atoms with van der Waals surface area (Å²) in [5.74, 6) is 0. The highest BCUT2D eigenvalue weighted by Crippen LogP contribution is 2.17. The van der Waals surface area contributed by atoms with E-state index in [1.165, 1.54) is 5.56 Å². The van der Waals surface area contributed by atoms with Crippen molar-refractivity contribution in [3.63, 3.8) is 0 Å². The lowest BCUT2D eigenvalue weighted by Gasteiger charge is -2.06. The molecule has 2 N–H and O–H groups in total. The molecule has 0 fully saturated rings. The minimum atomic E-state index is 0.481. The molecular formula is C13H16N2O. The first-order valence-electron chi connectivity index (χ1n) is 5.41. The number of rotatable bonds is 4. The molecule has 0 spiro atoms. The fourth-order valence-corrected chi connectivity index (χ4v) is 1.78. The van der Waals surface area contributed by atoms with Crippen LogP contribution in [0.5, 0.6) is 0 Å². The van der Waals surface area contributed by atoms with Crippen molar-refractivity contribution in [2.75, 3.05) is 13.7 Å². The Labute approximate surface area is 95.2 Å². The molecule has 1 aromatic heterocycles. The predicted molar refractivity (Wildman–Crippen MR) is 65.2 cm³/mol. The van der Waals surface area contributed by atoms with E-state index in [9.17, 15) is 0 Å². The number of methoxy groups -OCH3 is 1. The smallest absolute Gasteiger partial charge is 0.0738 e. The number of nitrogens with two attached hydrogens (primary N) is 1. The highest BCUT2D eigenvalue weighted by atomic mass is 16.5. The molecule has 2 rings (SSSR count). The van der Waals surface area contributed by atoms with Gasteiger partial charge in [0.25, 0.3) is 0 Å². The van der Waals surface area contributed by atoms with Gasteiger partial charge in [0.2, 0.25) is 0 Å². The Bertz CT molecular complexity index is 482. The predicted octanol–water partition coefficient (Wildman–Crippen LogP) is 1.88. The van der Waals surface area contributed by atoms with Crippen LogP contribution >= 0.6 is 0 Å². The molecule has 0 radical (unpaired) electrons. The van der Waals surface area contributed by atoms with E-state index in [-0.39, 0.29) is 0 Å². The summed E-state index contributed by atoms with van der Waals surface area (Å²) in [5.41, 5.74) is 8.79. The average Bonchev–Trinajstić information content (AvgIpc) is 2.35. The molecule has 0 aliphatic heterocycles. The molecule has 84 valence electrons. The molecule has 0 unspecified atom stereocenters. The largest absolute Gasteiger partial charge is 0.384 e. The Kier molecular flexibility index (Phi) is 3.49. The fraction of sp³-hybridized carbons (Fsp3) is 0.308. The lowest BCUT2D eigenvalue weighted by atomic mass is 10.1. The minimum Gasteiger partial charge on any atom is -0.384 e. The number of hydrogen-bond donors (Lipinski definition) is 1. The first-order valence-corrected chi connectivity index (χ1v) is 5.41. The van der Waals surface area contributed by atoms with Gasteiger partial charge in [-0.3, -0.25) is 4.98 Å². The topological polar surface area (TPSA) is 48.1 Å². The van der Waals surface area contributed by atoms with Crippen molar-refractivity contribution in [2.45, 2.75) is 13.0 Å². The van der Waals surface area contributed by atoms with Gasteiger partial charge in [-0.25, -0.2) is 0 Å². The molecule has 2 aromatic rings. The molecule has 0 aliphatic carbocycles. The van der Waals surface area contributed by atoms with Gasteiger partial charge in [-0.15, -0.1) is 0 Å². The molecule has 0 saturated heterocycles. The number of fused-ring (bicyclic) bond motifs is 1. The highest BCUT2D eigenvalue weighted by molar-refractivity contribution is 5.81. The van der Waals surface area contributed by atoms with Crippen molar-refractivity contribution < 1.29 is 4.74 Å². The van der Waals surface area contributed by atoms with Crippen molar-refractivity contribution >= 4 is 10.9 Å². The van der Waals surface area contributed by atoms with Gasteiger partial charge < -0.3 is 10.5 Å². The summed E-state index contributed by atoms with van der Waals surface area (Å²) in [7, 11) is 1.71. The molecule has 0 aliphatic rings. The molecule has 1 aromatic carbocycles. The Morgan fingerprint density at radius 2 is 2.12 bits per heavy atom. The van der Waals surface area contributed by atoms with Crippen LogP contribution in [0.4, 0.5) is 0 Å². The minimum absolute atomic E-state index is 0.481. The van der Waals surface area contributed by atoms with Crippen LogP contribution < -0.4 is 5.73 Å². The SMILES string of the molecule is COCCc1cccc2ccc(CN)nc12. The van der Waals surface area contributed by atoms with Crippen molar-refractivity contribution in [2.24, 2.45) is 5.73 Å². The molecule has 3 heteroatoms. The van der Waals surface area contributed by atoms with Crippen molar-refractivity contribution in [1.82, 2.24) is 4.98 Å². The molecule has 0 atom stereocenters. The van der Waals surface area contributed by atoms with Gasteiger partial charge in [-0.1, -0.05) is 24.3 Å². The summed E-state index contributed by atoms with van der Waals surface area (Å²) in [5, 5.41) is 1.16. The monoisotopic (exact) mass is 216 g/mol. The number of benzene rings is 1. The van der Waals surface area contributed by atoms with Gasteiger partial charge in [0.1, 0.15) is 0 Å². The van der Waals surface area contributed by atoms with Crippen molar-refractivity contribution in [3.05, 3.63) is 41.6 Å². The van der Waals surface area contributed by atoms with Gasteiger partial charge in [0.15, 0.2) is 0 Å². The maximum atomic E-state index is 5.60. The van der Waals surface area contributed by atoms with E-state index in [1.54, 1.807) is 7.11 Å². The van der Waals surface area contributed by atoms with Crippen LogP contribution in [0.1, 0.15) is 11.3 Å². The summed E-state index contributed by atoms with van der Waals surface area (Å²) in [4.78, 5) is 4.57. The van der Waals surface area contributed by atoms with Crippen LogP contribution in [0.3, 0.4) is 0 Å². The van der Waals surface area contributed by atoms with E-state index < -0.39 is 0 Å². The van der Waals surface area contributed by atoms with Gasteiger partial charge in [-0.2, -0.15) is 0 Å². The van der Waals surface area contributed by atoms with Gasteiger partial charge in [-0.05, 0) is 18.1 Å². The second-order valence-electron chi connectivity index (χ2n) is 3.74. The lowest BCUT2D eigenvalue weighted by molar-refractivity contribution is 0.202. The van der Waals surface area contributed by atoms with E-state index in [4.69, 9.17) is 10.5 Å². The molecule has 16 heavy (non-hydrogen) atoms. The Morgan fingerprint density at radius 1 is 1.25 bits per heavy atom. The van der Waals surface area contributed by atoms with Crippen LogP contribution in [0.2, 0.25) is 0 Å². The maximum absolute atomic E-state index is 5.60. The summed E-state index contributed by atoms with van der Waals surface area (Å²) in [6.07, 6.45) is 0.884. The normalized spacial score (nSPS) is 10.9. The van der Waals surface area contributed by atoms with Crippen molar-refractivity contribution in [3.8, 4) is 0 Å². The van der Waals surface area contributed by atoms with Crippen LogP contribution in [-0.4, -0.2) is 18.7 Å². The van der Waals surface area contributed by atoms with E-state index in [0.29, 0.717) is 13.2 Å². The summed E-state index contributed by atoms with van der Waals surface area (Å²) in [6.45, 7) is 1.20. The van der Waals surface area contributed by atoms with E-state index in [0.717, 1.165) is 23.0 Å². The first-order chi connectivity index (χ1) is 7.85. The van der Waals surface area contributed by atoms with E-state index >= 15 is 0 Å². The second kappa shape index (κ2) is 5.05. The second-order valence-corrected chi connectivity index (χ2v) is 3.74. The lowest BCUT2D eigenvalue weighted by Crippen LogP contribution is -2.01. The molecule has 1 heterocycles. The number of nitrogens with zero attached hydrogens (tertiary/aromatic N) is 1. The van der Waals surface area contributed by atoms with Gasteiger partial charge in [0, 0.05) is 19.0 Å². The highest BCUT2D eigenvalue weighted by Gasteiger charge is 2.03. The van der Waals surface area contributed by atoms with Crippen LogP contribution in [0, 0.1) is 0 Å². The number of ether oxygens (including phenoxy) is 1. The van der Waals surface area contributed by atoms with Crippen LogP contribution in [-0.2, 0) is 17.7 Å². The molecule has 0 bridgehead atoms. The van der Waals surface area contributed by atoms with Crippen LogP contribution in [0.15, 0.2) is 30.3 Å².